The molecule has 2 N–H and O–H groups in total. The fourth-order valence-electron chi connectivity index (χ4n) is 2.52. The van der Waals surface area contributed by atoms with Gasteiger partial charge in [0.2, 0.25) is 5.91 Å². The van der Waals surface area contributed by atoms with Gasteiger partial charge in [-0.05, 0) is 42.0 Å². The van der Waals surface area contributed by atoms with Gasteiger partial charge in [-0.25, -0.2) is 0 Å². The number of carbonyl (C=O) groups excluding carboxylic acids is 1. The summed E-state index contributed by atoms with van der Waals surface area (Å²) < 4.78 is 0. The van der Waals surface area contributed by atoms with Gasteiger partial charge in [-0.3, -0.25) is 9.69 Å². The second-order valence-corrected chi connectivity index (χ2v) is 6.57. The summed E-state index contributed by atoms with van der Waals surface area (Å²) in [5, 5.41) is 0.0123. The summed E-state index contributed by atoms with van der Waals surface area (Å²) in [6.45, 7) is 0. The van der Waals surface area contributed by atoms with Crippen molar-refractivity contribution in [3.05, 3.63) is 54.1 Å². The summed E-state index contributed by atoms with van der Waals surface area (Å²) in [6.07, 6.45) is 0. The van der Waals surface area contributed by atoms with E-state index in [1.807, 2.05) is 72.4 Å². The lowest BCUT2D eigenvalue weighted by Crippen LogP contribution is -2.27. The Morgan fingerprint density at radius 3 is 2.32 bits per heavy atom. The highest BCUT2D eigenvalue weighted by Gasteiger charge is 2.33. The molecular weight excluding hydrogens is 294 g/mol. The summed E-state index contributed by atoms with van der Waals surface area (Å²) >= 11 is 1.65. The SMILES string of the molecule is CN(C)c1ccc(N2C(=O)CS[C@H]2c2ccc(N)cc2)cc1. The van der Waals surface area contributed by atoms with Gasteiger partial charge in [-0.1, -0.05) is 12.1 Å². The first-order valence-corrected chi connectivity index (χ1v) is 8.17. The number of rotatable bonds is 3. The Labute approximate surface area is 134 Å². The third kappa shape index (κ3) is 2.76. The van der Waals surface area contributed by atoms with Crippen molar-refractivity contribution in [2.45, 2.75) is 5.37 Å². The standard InChI is InChI=1S/C17H19N3OS/c1-19(2)14-7-9-15(10-8-14)20-16(21)11-22-17(20)12-3-5-13(18)6-4-12/h3-10,17H,11,18H2,1-2H3/t17-/m0/s1. The Hall–Kier alpha value is -2.14. The maximum Gasteiger partial charge on any atom is 0.238 e. The van der Waals surface area contributed by atoms with E-state index < -0.39 is 0 Å². The molecule has 0 bridgehead atoms. The molecular formula is C17H19N3OS. The van der Waals surface area contributed by atoms with Crippen molar-refractivity contribution in [2.24, 2.45) is 0 Å². The Balaban J connectivity index is 1.92. The molecule has 3 rings (SSSR count). The van der Waals surface area contributed by atoms with Crippen molar-refractivity contribution < 1.29 is 4.79 Å². The molecule has 1 saturated heterocycles. The second kappa shape index (κ2) is 5.93. The third-order valence-electron chi connectivity index (χ3n) is 3.73. The first-order chi connectivity index (χ1) is 10.6. The normalized spacial score (nSPS) is 17.8. The number of carbonyl (C=O) groups is 1. The van der Waals surface area contributed by atoms with Crippen molar-refractivity contribution in [2.75, 3.05) is 35.4 Å². The molecule has 0 aliphatic carbocycles. The third-order valence-corrected chi connectivity index (χ3v) is 4.95. The van der Waals surface area contributed by atoms with Crippen LogP contribution in [0.5, 0.6) is 0 Å². The van der Waals surface area contributed by atoms with Gasteiger partial charge in [0.15, 0.2) is 0 Å². The van der Waals surface area contributed by atoms with Crippen molar-refractivity contribution in [3.8, 4) is 0 Å². The molecule has 1 heterocycles. The van der Waals surface area contributed by atoms with Crippen molar-refractivity contribution >= 4 is 34.7 Å². The van der Waals surface area contributed by atoms with E-state index in [-0.39, 0.29) is 11.3 Å². The number of hydrogen-bond donors (Lipinski definition) is 1. The van der Waals surface area contributed by atoms with E-state index in [4.69, 9.17) is 5.73 Å². The fourth-order valence-corrected chi connectivity index (χ4v) is 3.70. The number of nitrogens with two attached hydrogens (primary N) is 1. The van der Waals surface area contributed by atoms with Crippen LogP contribution in [-0.4, -0.2) is 25.8 Å². The van der Waals surface area contributed by atoms with E-state index >= 15 is 0 Å². The molecule has 1 aliphatic heterocycles. The van der Waals surface area contributed by atoms with Crippen LogP contribution in [-0.2, 0) is 4.79 Å². The first-order valence-electron chi connectivity index (χ1n) is 7.13. The Kier molecular flexibility index (Phi) is 3.98. The number of hydrogen-bond acceptors (Lipinski definition) is 4. The van der Waals surface area contributed by atoms with E-state index in [0.717, 1.165) is 22.6 Å². The summed E-state index contributed by atoms with van der Waals surface area (Å²) in [5.74, 6) is 0.647. The van der Waals surface area contributed by atoms with Crippen molar-refractivity contribution in [3.63, 3.8) is 0 Å². The molecule has 2 aromatic rings. The highest BCUT2D eigenvalue weighted by Crippen LogP contribution is 2.42. The Morgan fingerprint density at radius 1 is 1.09 bits per heavy atom. The highest BCUT2D eigenvalue weighted by molar-refractivity contribution is 8.00. The van der Waals surface area contributed by atoms with Gasteiger partial charge in [0, 0.05) is 31.2 Å². The summed E-state index contributed by atoms with van der Waals surface area (Å²) in [7, 11) is 4.01. The zero-order chi connectivity index (χ0) is 15.7. The van der Waals surface area contributed by atoms with Gasteiger partial charge in [-0.2, -0.15) is 0 Å². The molecule has 1 aliphatic rings. The average molecular weight is 313 g/mol. The van der Waals surface area contributed by atoms with Crippen LogP contribution in [0.4, 0.5) is 17.1 Å². The Morgan fingerprint density at radius 2 is 1.73 bits per heavy atom. The minimum atomic E-state index is 0.0123. The molecule has 1 amide bonds. The van der Waals surface area contributed by atoms with E-state index in [0.29, 0.717) is 5.75 Å². The van der Waals surface area contributed by atoms with Crippen LogP contribution < -0.4 is 15.5 Å². The minimum absolute atomic E-state index is 0.0123. The Bertz CT molecular complexity index is 667. The van der Waals surface area contributed by atoms with Gasteiger partial charge < -0.3 is 10.6 Å². The monoisotopic (exact) mass is 313 g/mol. The van der Waals surface area contributed by atoms with Crippen molar-refractivity contribution in [1.29, 1.82) is 0 Å². The number of thioether (sulfide) groups is 1. The predicted octanol–water partition coefficient (Wildman–Crippen LogP) is 3.11. The lowest BCUT2D eigenvalue weighted by molar-refractivity contribution is -0.115. The topological polar surface area (TPSA) is 49.6 Å². The number of nitrogen functional groups attached to an aromatic ring is 1. The average Bonchev–Trinajstić information content (AvgIpc) is 2.90. The molecule has 0 aromatic heterocycles. The highest BCUT2D eigenvalue weighted by atomic mass is 32.2. The van der Waals surface area contributed by atoms with Crippen LogP contribution >= 0.6 is 11.8 Å². The molecule has 0 unspecified atom stereocenters. The maximum atomic E-state index is 12.3. The largest absolute Gasteiger partial charge is 0.399 e. The van der Waals surface area contributed by atoms with Crippen LogP contribution in [0.1, 0.15) is 10.9 Å². The summed E-state index contributed by atoms with van der Waals surface area (Å²) in [6, 6.07) is 15.8. The lowest BCUT2D eigenvalue weighted by Gasteiger charge is -2.25. The summed E-state index contributed by atoms with van der Waals surface area (Å²) in [5.41, 5.74) is 9.64. The molecule has 114 valence electrons. The van der Waals surface area contributed by atoms with Gasteiger partial charge >= 0.3 is 0 Å². The fraction of sp³-hybridized carbons (Fsp3) is 0.235. The van der Waals surface area contributed by atoms with Gasteiger partial charge in [0.1, 0.15) is 5.37 Å². The smallest absolute Gasteiger partial charge is 0.238 e. The van der Waals surface area contributed by atoms with E-state index in [1.54, 1.807) is 11.8 Å². The quantitative estimate of drug-likeness (QED) is 0.885. The van der Waals surface area contributed by atoms with Gasteiger partial charge in [0.25, 0.3) is 0 Å². The second-order valence-electron chi connectivity index (χ2n) is 5.50. The van der Waals surface area contributed by atoms with Crippen LogP contribution in [0.3, 0.4) is 0 Å². The number of nitrogens with zero attached hydrogens (tertiary/aromatic N) is 2. The zero-order valence-electron chi connectivity index (χ0n) is 12.7. The maximum absolute atomic E-state index is 12.3. The van der Waals surface area contributed by atoms with Crippen LogP contribution in [0, 0.1) is 0 Å². The predicted molar refractivity (Wildman–Crippen MR) is 94.3 cm³/mol. The zero-order valence-corrected chi connectivity index (χ0v) is 13.5. The molecule has 22 heavy (non-hydrogen) atoms. The minimum Gasteiger partial charge on any atom is -0.399 e. The molecule has 5 heteroatoms. The molecule has 1 atom stereocenters. The summed E-state index contributed by atoms with van der Waals surface area (Å²) in [4.78, 5) is 16.2. The van der Waals surface area contributed by atoms with Crippen LogP contribution in [0.2, 0.25) is 0 Å². The number of anilines is 3. The number of amides is 1. The van der Waals surface area contributed by atoms with E-state index in [1.165, 1.54) is 0 Å². The van der Waals surface area contributed by atoms with E-state index in [2.05, 4.69) is 0 Å². The molecule has 0 saturated carbocycles. The van der Waals surface area contributed by atoms with Crippen LogP contribution in [0.15, 0.2) is 48.5 Å². The molecule has 0 radical (unpaired) electrons. The van der Waals surface area contributed by atoms with Gasteiger partial charge in [-0.15, -0.1) is 11.8 Å². The van der Waals surface area contributed by atoms with E-state index in [9.17, 15) is 4.79 Å². The lowest BCUT2D eigenvalue weighted by atomic mass is 10.1. The molecule has 1 fully saturated rings. The number of benzene rings is 2. The molecule has 2 aromatic carbocycles. The van der Waals surface area contributed by atoms with Crippen LogP contribution in [0.25, 0.3) is 0 Å². The molecule has 4 nitrogen and oxygen atoms in total. The first kappa shape index (κ1) is 14.8. The van der Waals surface area contributed by atoms with Crippen molar-refractivity contribution in [1.82, 2.24) is 0 Å². The van der Waals surface area contributed by atoms with Gasteiger partial charge in [0.05, 0.1) is 5.75 Å². The molecule has 0 spiro atoms.